The van der Waals surface area contributed by atoms with Crippen molar-refractivity contribution < 1.29 is 4.74 Å². The molecule has 1 aliphatic heterocycles. The quantitative estimate of drug-likeness (QED) is 0.413. The van der Waals surface area contributed by atoms with Gasteiger partial charge in [-0.25, -0.2) is 0 Å². The Balaban J connectivity index is 2.36. The molecule has 0 spiro atoms. The molecule has 0 aromatic heterocycles. The lowest BCUT2D eigenvalue weighted by Crippen LogP contribution is -1.76. The van der Waals surface area contributed by atoms with Crippen LogP contribution in [0.15, 0.2) is 11.3 Å². The molecule has 1 aliphatic carbocycles. The van der Waals surface area contributed by atoms with Crippen LogP contribution in [0.25, 0.3) is 0 Å². The molecule has 2 aliphatic rings. The van der Waals surface area contributed by atoms with E-state index in [1.807, 2.05) is 0 Å². The van der Waals surface area contributed by atoms with Crippen molar-refractivity contribution in [3.05, 3.63) is 18.3 Å². The molecule has 0 bridgehead atoms. The van der Waals surface area contributed by atoms with E-state index in [1.165, 1.54) is 24.2 Å². The second-order valence-electron chi connectivity index (χ2n) is 2.11. The van der Waals surface area contributed by atoms with Gasteiger partial charge in [0.2, 0.25) is 0 Å². The Labute approximate surface area is 43.0 Å². The second-order valence-corrected chi connectivity index (χ2v) is 2.11. The summed E-state index contributed by atoms with van der Waals surface area (Å²) in [6.45, 7) is 3.81. The Morgan fingerprint density at radius 2 is 2.57 bits per heavy atom. The molecule has 2 rings (SSSR count). The molecule has 0 amide bonds. The first-order valence-electron chi connectivity index (χ1n) is 2.59. The number of allylic oxidation sites excluding steroid dienone is 1. The third-order valence-electron chi connectivity index (χ3n) is 1.56. The Hall–Kier alpha value is -0.460. The minimum atomic E-state index is 0.507. The normalized spacial score (nSPS) is 35.3. The van der Waals surface area contributed by atoms with E-state index in [4.69, 9.17) is 4.74 Å². The summed E-state index contributed by atoms with van der Waals surface area (Å²) in [6.07, 6.45) is 2.86. The van der Waals surface area contributed by atoms with Gasteiger partial charge in [-0.2, -0.15) is 0 Å². The van der Waals surface area contributed by atoms with E-state index in [9.17, 15) is 0 Å². The lowest BCUT2D eigenvalue weighted by Gasteiger charge is -1.87. The fraction of sp³-hybridized carbons (Fsp3) is 0.500. The molecule has 37 valence electrons. The fourth-order valence-electron chi connectivity index (χ4n) is 1.05. The highest BCUT2D eigenvalue weighted by Gasteiger charge is 2.39. The van der Waals surface area contributed by atoms with E-state index in [2.05, 4.69) is 6.92 Å². The molecule has 1 fully saturated rings. The van der Waals surface area contributed by atoms with E-state index in [0.717, 1.165) is 0 Å². The predicted octanol–water partition coefficient (Wildman–Crippen LogP) is 1.27. The number of hydrogen-bond donors (Lipinski definition) is 0. The third kappa shape index (κ3) is 0.328. The first-order valence-corrected chi connectivity index (χ1v) is 2.59. The van der Waals surface area contributed by atoms with Crippen LogP contribution in [0.1, 0.15) is 12.8 Å². The maximum Gasteiger partial charge on any atom is 0.155 e. The van der Waals surface area contributed by atoms with Crippen molar-refractivity contribution in [1.29, 1.82) is 0 Å². The molecule has 0 N–H and O–H groups in total. The Morgan fingerprint density at radius 1 is 1.71 bits per heavy atom. The van der Waals surface area contributed by atoms with Crippen LogP contribution in [0.5, 0.6) is 0 Å². The van der Waals surface area contributed by atoms with Crippen LogP contribution in [-0.2, 0) is 4.74 Å². The van der Waals surface area contributed by atoms with E-state index in [-0.39, 0.29) is 0 Å². The summed E-state index contributed by atoms with van der Waals surface area (Å²) in [5.74, 6) is 1.18. The van der Waals surface area contributed by atoms with E-state index >= 15 is 0 Å². The van der Waals surface area contributed by atoms with Crippen molar-refractivity contribution in [1.82, 2.24) is 0 Å². The standard InChI is InChI=1S/C6H7O/c1-4-2-3-5-6(4)7-5/h5H,1-3H2. The molecule has 1 heteroatoms. The monoisotopic (exact) mass is 95.0 g/mol. The van der Waals surface area contributed by atoms with E-state index < -0.39 is 0 Å². The molecule has 1 saturated heterocycles. The number of hydrogen-bond acceptors (Lipinski definition) is 1. The second kappa shape index (κ2) is 0.857. The molecule has 1 radical (unpaired) electrons. The van der Waals surface area contributed by atoms with Gasteiger partial charge in [0.1, 0.15) is 5.76 Å². The Kier molecular flexibility index (Phi) is 0.432. The number of fused-ring (bicyclic) bond motifs is 1. The van der Waals surface area contributed by atoms with Gasteiger partial charge < -0.3 is 4.74 Å². The number of rotatable bonds is 0. The maximum absolute atomic E-state index is 5.08. The van der Waals surface area contributed by atoms with Gasteiger partial charge >= 0.3 is 0 Å². The molecule has 0 aromatic rings. The van der Waals surface area contributed by atoms with Crippen LogP contribution >= 0.6 is 0 Å². The zero-order valence-electron chi connectivity index (χ0n) is 4.11. The Bertz CT molecular complexity index is 135. The van der Waals surface area contributed by atoms with Gasteiger partial charge in [0, 0.05) is 0 Å². The smallest absolute Gasteiger partial charge is 0.155 e. The van der Waals surface area contributed by atoms with Crippen molar-refractivity contribution in [3.63, 3.8) is 0 Å². The molecule has 1 atom stereocenters. The maximum atomic E-state index is 5.08. The van der Waals surface area contributed by atoms with Crippen LogP contribution in [0.3, 0.4) is 0 Å². The van der Waals surface area contributed by atoms with Crippen molar-refractivity contribution in [2.24, 2.45) is 0 Å². The lowest BCUT2D eigenvalue weighted by atomic mass is 10.3. The summed E-state index contributed by atoms with van der Waals surface area (Å²) in [7, 11) is 0. The zero-order chi connectivity index (χ0) is 4.85. The van der Waals surface area contributed by atoms with Crippen LogP contribution in [0, 0.1) is 6.92 Å². The zero-order valence-corrected chi connectivity index (χ0v) is 4.11. The van der Waals surface area contributed by atoms with E-state index in [0.29, 0.717) is 6.10 Å². The summed E-state index contributed by atoms with van der Waals surface area (Å²) in [6, 6.07) is 0. The van der Waals surface area contributed by atoms with Gasteiger partial charge in [0.05, 0.1) is 0 Å². The Morgan fingerprint density at radius 3 is 2.71 bits per heavy atom. The van der Waals surface area contributed by atoms with Gasteiger partial charge in [-0.15, -0.1) is 0 Å². The third-order valence-corrected chi connectivity index (χ3v) is 1.56. The molecule has 0 aromatic carbocycles. The fourth-order valence-corrected chi connectivity index (χ4v) is 1.05. The predicted molar refractivity (Wildman–Crippen MR) is 26.5 cm³/mol. The summed E-state index contributed by atoms with van der Waals surface area (Å²) in [4.78, 5) is 0. The SMILES string of the molecule is [CH2]C1=C2OC2CC1. The first kappa shape index (κ1) is 3.53. The molecular weight excluding hydrogens is 88.1 g/mol. The summed E-state index contributed by atoms with van der Waals surface area (Å²) in [5, 5.41) is 0. The van der Waals surface area contributed by atoms with Crippen molar-refractivity contribution in [3.8, 4) is 0 Å². The highest BCUT2D eigenvalue weighted by molar-refractivity contribution is 5.30. The summed E-state index contributed by atoms with van der Waals surface area (Å²) in [5.41, 5.74) is 1.23. The van der Waals surface area contributed by atoms with Gasteiger partial charge in [0.25, 0.3) is 0 Å². The molecule has 1 nitrogen and oxygen atoms in total. The molecule has 1 heterocycles. The first-order chi connectivity index (χ1) is 3.38. The van der Waals surface area contributed by atoms with Crippen LogP contribution in [-0.4, -0.2) is 6.10 Å². The molecule has 0 saturated carbocycles. The minimum absolute atomic E-state index is 0.507. The van der Waals surface area contributed by atoms with Crippen molar-refractivity contribution in [2.45, 2.75) is 18.9 Å². The number of epoxide rings is 1. The summed E-state index contributed by atoms with van der Waals surface area (Å²) < 4.78 is 5.08. The summed E-state index contributed by atoms with van der Waals surface area (Å²) >= 11 is 0. The lowest BCUT2D eigenvalue weighted by molar-refractivity contribution is 0.400. The topological polar surface area (TPSA) is 12.5 Å². The van der Waals surface area contributed by atoms with Gasteiger partial charge in [-0.3, -0.25) is 0 Å². The van der Waals surface area contributed by atoms with Gasteiger partial charge in [-0.1, -0.05) is 0 Å². The van der Waals surface area contributed by atoms with Crippen molar-refractivity contribution >= 4 is 0 Å². The van der Waals surface area contributed by atoms with Gasteiger partial charge in [-0.05, 0) is 25.3 Å². The largest absolute Gasteiger partial charge is 0.483 e. The van der Waals surface area contributed by atoms with Crippen LogP contribution < -0.4 is 0 Å². The van der Waals surface area contributed by atoms with Crippen LogP contribution in [0.4, 0.5) is 0 Å². The van der Waals surface area contributed by atoms with Crippen molar-refractivity contribution in [2.75, 3.05) is 0 Å². The highest BCUT2D eigenvalue weighted by Crippen LogP contribution is 2.41. The molecule has 1 unspecified atom stereocenters. The highest BCUT2D eigenvalue weighted by atomic mass is 16.6. The molecule has 7 heavy (non-hydrogen) atoms. The average molecular weight is 95.1 g/mol. The minimum Gasteiger partial charge on any atom is -0.483 e. The molecular formula is C6H7O. The number of ether oxygens (including phenoxy) is 1. The average Bonchev–Trinajstić information content (AvgIpc) is 2.33. The van der Waals surface area contributed by atoms with Crippen LogP contribution in [0.2, 0.25) is 0 Å². The van der Waals surface area contributed by atoms with E-state index in [1.54, 1.807) is 0 Å². The van der Waals surface area contributed by atoms with Gasteiger partial charge in [0.15, 0.2) is 6.10 Å².